The third kappa shape index (κ3) is 6.15. The van der Waals surface area contributed by atoms with E-state index in [1.54, 1.807) is 36.4 Å². The maximum absolute atomic E-state index is 12.2. The van der Waals surface area contributed by atoms with Crippen LogP contribution in [0.25, 0.3) is 6.08 Å². The topological polar surface area (TPSA) is 83.1 Å². The lowest BCUT2D eigenvalue weighted by Crippen LogP contribution is -2.32. The summed E-state index contributed by atoms with van der Waals surface area (Å²) in [6.45, 7) is 2.76. The Morgan fingerprint density at radius 2 is 1.83 bits per heavy atom. The summed E-state index contributed by atoms with van der Waals surface area (Å²) >= 11 is 5.96. The van der Waals surface area contributed by atoms with Crippen LogP contribution in [0.3, 0.4) is 0 Å². The van der Waals surface area contributed by atoms with Crippen molar-refractivity contribution in [2.24, 2.45) is 0 Å². The Morgan fingerprint density at radius 3 is 2.57 bits per heavy atom. The van der Waals surface area contributed by atoms with E-state index in [9.17, 15) is 9.59 Å². The lowest BCUT2D eigenvalue weighted by molar-refractivity contribution is -0.145. The monoisotopic (exact) mass is 431 g/mol. The number of fused-ring (bicyclic) bond motifs is 1. The molecule has 0 radical (unpaired) electrons. The fraction of sp³-hybridized carbons (Fsp3) is 0.273. The van der Waals surface area contributed by atoms with E-state index in [1.807, 2.05) is 19.1 Å². The smallest absolute Gasteiger partial charge is 0.338 e. The highest BCUT2D eigenvalue weighted by Gasteiger charge is 2.19. The minimum Gasteiger partial charge on any atom is -0.494 e. The molecule has 0 bridgehead atoms. The molecule has 30 heavy (non-hydrogen) atoms. The standard InChI is InChI=1S/C22H22ClNO6/c1-2-27-18-4-6-19(7-5-18)28-10-9-24-21(25)14-30-22(26)16-11-15-12-17(23)3-8-20(15)29-13-16/h3-8,11-12H,2,9-10,13-14H2,1H3,(H,24,25). The minimum atomic E-state index is -0.610. The average molecular weight is 432 g/mol. The van der Waals surface area contributed by atoms with Gasteiger partial charge in [-0.1, -0.05) is 11.6 Å². The predicted octanol–water partition coefficient (Wildman–Crippen LogP) is 3.25. The van der Waals surface area contributed by atoms with Gasteiger partial charge in [0.1, 0.15) is 30.5 Å². The molecule has 1 aliphatic heterocycles. The van der Waals surface area contributed by atoms with E-state index >= 15 is 0 Å². The van der Waals surface area contributed by atoms with Crippen LogP contribution in [0, 0.1) is 0 Å². The second-order valence-corrected chi connectivity index (χ2v) is 6.76. The molecule has 1 amide bonds. The van der Waals surface area contributed by atoms with Gasteiger partial charge in [0.15, 0.2) is 6.61 Å². The number of rotatable bonds is 9. The largest absolute Gasteiger partial charge is 0.494 e. The number of amides is 1. The maximum atomic E-state index is 12.2. The molecule has 0 spiro atoms. The van der Waals surface area contributed by atoms with E-state index in [1.165, 1.54) is 0 Å². The molecular formula is C22H22ClNO6. The van der Waals surface area contributed by atoms with Gasteiger partial charge in [0.05, 0.1) is 18.7 Å². The van der Waals surface area contributed by atoms with Gasteiger partial charge in [0.25, 0.3) is 5.91 Å². The van der Waals surface area contributed by atoms with E-state index in [-0.39, 0.29) is 26.4 Å². The van der Waals surface area contributed by atoms with Crippen LogP contribution in [0.4, 0.5) is 0 Å². The molecule has 1 N–H and O–H groups in total. The molecule has 158 valence electrons. The summed E-state index contributed by atoms with van der Waals surface area (Å²) in [5.74, 6) is 1.05. The Kier molecular flexibility index (Phi) is 7.57. The fourth-order valence-corrected chi connectivity index (χ4v) is 2.88. The molecular weight excluding hydrogens is 410 g/mol. The van der Waals surface area contributed by atoms with Crippen molar-refractivity contribution in [2.45, 2.75) is 6.92 Å². The summed E-state index contributed by atoms with van der Waals surface area (Å²) in [4.78, 5) is 24.0. The zero-order chi connectivity index (χ0) is 21.3. The van der Waals surface area contributed by atoms with Crippen molar-refractivity contribution in [1.82, 2.24) is 5.32 Å². The van der Waals surface area contributed by atoms with Crippen LogP contribution in [0.5, 0.6) is 17.2 Å². The van der Waals surface area contributed by atoms with E-state index in [4.69, 9.17) is 30.5 Å². The molecule has 7 nitrogen and oxygen atoms in total. The second kappa shape index (κ2) is 10.5. The molecule has 0 saturated carbocycles. The molecule has 3 rings (SSSR count). The number of nitrogens with one attached hydrogen (secondary N) is 1. The Labute approximate surface area is 179 Å². The molecule has 1 aliphatic rings. The summed E-state index contributed by atoms with van der Waals surface area (Å²) in [5, 5.41) is 3.17. The molecule has 8 heteroatoms. The Bertz CT molecular complexity index is 926. The summed E-state index contributed by atoms with van der Waals surface area (Å²) in [6.07, 6.45) is 1.65. The quantitative estimate of drug-likeness (QED) is 0.484. The molecule has 1 heterocycles. The van der Waals surface area contributed by atoms with Gasteiger partial charge in [0, 0.05) is 10.6 Å². The number of hydrogen-bond donors (Lipinski definition) is 1. The number of carbonyl (C=O) groups is 2. The van der Waals surface area contributed by atoms with E-state index < -0.39 is 11.9 Å². The summed E-state index contributed by atoms with van der Waals surface area (Å²) in [5.41, 5.74) is 1.01. The average Bonchev–Trinajstić information content (AvgIpc) is 2.75. The lowest BCUT2D eigenvalue weighted by atomic mass is 10.1. The number of halogens is 1. The van der Waals surface area contributed by atoms with Gasteiger partial charge >= 0.3 is 5.97 Å². The van der Waals surface area contributed by atoms with Gasteiger partial charge < -0.3 is 24.3 Å². The predicted molar refractivity (Wildman–Crippen MR) is 112 cm³/mol. The SMILES string of the molecule is CCOc1ccc(OCCNC(=O)COC(=O)C2=Cc3cc(Cl)ccc3OC2)cc1. The number of benzene rings is 2. The van der Waals surface area contributed by atoms with Gasteiger partial charge in [-0.2, -0.15) is 0 Å². The minimum absolute atomic E-state index is 0.0744. The highest BCUT2D eigenvalue weighted by atomic mass is 35.5. The number of carbonyl (C=O) groups excluding carboxylic acids is 2. The van der Waals surface area contributed by atoms with Crippen molar-refractivity contribution in [3.8, 4) is 17.2 Å². The van der Waals surface area contributed by atoms with Gasteiger partial charge in [-0.05, 0) is 55.5 Å². The van der Waals surface area contributed by atoms with Crippen LogP contribution in [0.15, 0.2) is 48.0 Å². The van der Waals surface area contributed by atoms with Crippen molar-refractivity contribution in [3.05, 3.63) is 58.6 Å². The van der Waals surface area contributed by atoms with Crippen LogP contribution in [-0.2, 0) is 14.3 Å². The third-order valence-electron chi connectivity index (χ3n) is 4.11. The first-order valence-corrected chi connectivity index (χ1v) is 9.85. The molecule has 0 aromatic heterocycles. The van der Waals surface area contributed by atoms with Crippen LogP contribution >= 0.6 is 11.6 Å². The molecule has 0 fully saturated rings. The Morgan fingerprint density at radius 1 is 1.10 bits per heavy atom. The van der Waals surface area contributed by atoms with Crippen LogP contribution in [0.2, 0.25) is 5.02 Å². The van der Waals surface area contributed by atoms with E-state index in [0.717, 1.165) is 5.75 Å². The van der Waals surface area contributed by atoms with Crippen molar-refractivity contribution in [1.29, 1.82) is 0 Å². The van der Waals surface area contributed by atoms with Crippen LogP contribution in [-0.4, -0.2) is 44.8 Å². The summed E-state index contributed by atoms with van der Waals surface area (Å²) in [6, 6.07) is 12.3. The second-order valence-electron chi connectivity index (χ2n) is 6.32. The van der Waals surface area contributed by atoms with E-state index in [0.29, 0.717) is 34.3 Å². The molecule has 0 unspecified atom stereocenters. The van der Waals surface area contributed by atoms with Gasteiger partial charge in [-0.25, -0.2) is 4.79 Å². The highest BCUT2D eigenvalue weighted by Crippen LogP contribution is 2.29. The van der Waals surface area contributed by atoms with Gasteiger partial charge in [-0.3, -0.25) is 4.79 Å². The van der Waals surface area contributed by atoms with Crippen molar-refractivity contribution < 1.29 is 28.5 Å². The summed E-state index contributed by atoms with van der Waals surface area (Å²) < 4.78 is 21.5. The zero-order valence-corrected chi connectivity index (χ0v) is 17.2. The van der Waals surface area contributed by atoms with Crippen molar-refractivity contribution in [2.75, 3.05) is 33.0 Å². The first-order valence-electron chi connectivity index (χ1n) is 9.47. The number of esters is 1. The molecule has 0 aliphatic carbocycles. The van der Waals surface area contributed by atoms with Crippen molar-refractivity contribution >= 4 is 29.6 Å². The lowest BCUT2D eigenvalue weighted by Gasteiger charge is -2.17. The fourth-order valence-electron chi connectivity index (χ4n) is 2.70. The molecule has 2 aromatic carbocycles. The number of hydrogen-bond acceptors (Lipinski definition) is 6. The summed E-state index contributed by atoms with van der Waals surface area (Å²) in [7, 11) is 0. The van der Waals surface area contributed by atoms with Crippen LogP contribution in [0.1, 0.15) is 12.5 Å². The Hall–Kier alpha value is -3.19. The number of ether oxygens (including phenoxy) is 4. The maximum Gasteiger partial charge on any atom is 0.338 e. The van der Waals surface area contributed by atoms with Crippen LogP contribution < -0.4 is 19.5 Å². The Balaban J connectivity index is 1.37. The normalized spacial score (nSPS) is 12.1. The molecule has 0 atom stereocenters. The first-order chi connectivity index (χ1) is 14.5. The van der Waals surface area contributed by atoms with Gasteiger partial charge in [0.2, 0.25) is 0 Å². The highest BCUT2D eigenvalue weighted by molar-refractivity contribution is 6.30. The molecule has 0 saturated heterocycles. The molecule has 2 aromatic rings. The zero-order valence-electron chi connectivity index (χ0n) is 16.5. The third-order valence-corrected chi connectivity index (χ3v) is 4.34. The van der Waals surface area contributed by atoms with Crippen molar-refractivity contribution in [3.63, 3.8) is 0 Å². The first kappa shape index (κ1) is 21.5. The van der Waals surface area contributed by atoms with Gasteiger partial charge in [-0.15, -0.1) is 0 Å². The van der Waals surface area contributed by atoms with E-state index in [2.05, 4.69) is 5.32 Å².